The molecule has 3 aromatic rings. The smallest absolute Gasteiger partial charge is 0.337 e. The molecule has 43 heavy (non-hydrogen) atoms. The molecule has 0 aromatic heterocycles. The van der Waals surface area contributed by atoms with Crippen molar-refractivity contribution in [3.63, 3.8) is 0 Å². The summed E-state index contributed by atoms with van der Waals surface area (Å²) in [5.74, 6) is -1.86. The molecule has 3 aromatic carbocycles. The van der Waals surface area contributed by atoms with Crippen molar-refractivity contribution < 1.29 is 28.2 Å². The van der Waals surface area contributed by atoms with Crippen LogP contribution in [0, 0.1) is 5.82 Å². The van der Waals surface area contributed by atoms with Crippen molar-refractivity contribution in [1.29, 1.82) is 0 Å². The van der Waals surface area contributed by atoms with Crippen molar-refractivity contribution in [3.05, 3.63) is 119 Å². The number of nitrogens with zero attached hydrogens (tertiary/aromatic N) is 1. The minimum Gasteiger partial charge on any atom is -0.463 e. The SMILES string of the molecule is CCOC(=O)C1=C(C(=O)Nc2ccccc2F)C2C=CC1(C(Nc1ccccc1)c1ccc(CN3CCOCC3)cc1)O2. The predicted octanol–water partition coefficient (Wildman–Crippen LogP) is 5.02. The number of rotatable bonds is 10. The second-order valence-corrected chi connectivity index (χ2v) is 10.7. The van der Waals surface area contributed by atoms with Crippen molar-refractivity contribution in [1.82, 2.24) is 4.90 Å². The maximum absolute atomic E-state index is 14.5. The number of anilines is 2. The van der Waals surface area contributed by atoms with Crippen LogP contribution in [0.4, 0.5) is 15.8 Å². The molecule has 1 amide bonds. The molecule has 0 aliphatic carbocycles. The summed E-state index contributed by atoms with van der Waals surface area (Å²) >= 11 is 0. The van der Waals surface area contributed by atoms with Crippen molar-refractivity contribution in [3.8, 4) is 0 Å². The molecule has 2 N–H and O–H groups in total. The third-order valence-corrected chi connectivity index (χ3v) is 7.97. The lowest BCUT2D eigenvalue weighted by Crippen LogP contribution is -2.42. The van der Waals surface area contributed by atoms with Gasteiger partial charge in [0.15, 0.2) is 0 Å². The number of hydrogen-bond acceptors (Lipinski definition) is 7. The molecule has 222 valence electrons. The minimum absolute atomic E-state index is 0.0128. The highest BCUT2D eigenvalue weighted by Crippen LogP contribution is 2.51. The Bertz CT molecular complexity index is 1540. The van der Waals surface area contributed by atoms with Crippen LogP contribution < -0.4 is 10.6 Å². The number of carbonyl (C=O) groups excluding carboxylic acids is 2. The van der Waals surface area contributed by atoms with Gasteiger partial charge >= 0.3 is 5.97 Å². The second-order valence-electron chi connectivity index (χ2n) is 10.7. The van der Waals surface area contributed by atoms with E-state index < -0.39 is 35.4 Å². The van der Waals surface area contributed by atoms with Crippen LogP contribution in [0.1, 0.15) is 24.1 Å². The van der Waals surface area contributed by atoms with Gasteiger partial charge in [-0.3, -0.25) is 9.69 Å². The molecule has 1 saturated heterocycles. The molecule has 3 aliphatic rings. The summed E-state index contributed by atoms with van der Waals surface area (Å²) < 4.78 is 32.0. The van der Waals surface area contributed by atoms with Crippen molar-refractivity contribution in [2.75, 3.05) is 43.5 Å². The number of para-hydroxylation sites is 2. The molecule has 0 radical (unpaired) electrons. The summed E-state index contributed by atoms with van der Waals surface area (Å²) in [6, 6.07) is 23.1. The lowest BCUT2D eigenvalue weighted by molar-refractivity contribution is -0.140. The average molecular weight is 584 g/mol. The van der Waals surface area contributed by atoms with Gasteiger partial charge < -0.3 is 24.8 Å². The number of ether oxygens (including phenoxy) is 3. The third-order valence-electron chi connectivity index (χ3n) is 7.97. The lowest BCUT2D eigenvalue weighted by atomic mass is 9.78. The van der Waals surface area contributed by atoms with Gasteiger partial charge in [0.25, 0.3) is 5.91 Å². The van der Waals surface area contributed by atoms with Gasteiger partial charge in [0.2, 0.25) is 0 Å². The van der Waals surface area contributed by atoms with Crippen molar-refractivity contribution in [2.45, 2.75) is 31.2 Å². The van der Waals surface area contributed by atoms with E-state index in [9.17, 15) is 14.0 Å². The fourth-order valence-corrected chi connectivity index (χ4v) is 5.92. The van der Waals surface area contributed by atoms with Crippen LogP contribution in [0.3, 0.4) is 0 Å². The summed E-state index contributed by atoms with van der Waals surface area (Å²) in [4.78, 5) is 29.7. The predicted molar refractivity (Wildman–Crippen MR) is 161 cm³/mol. The van der Waals surface area contributed by atoms with E-state index in [1.165, 1.54) is 12.1 Å². The Morgan fingerprint density at radius 2 is 1.74 bits per heavy atom. The number of morpholine rings is 1. The summed E-state index contributed by atoms with van der Waals surface area (Å²) in [5.41, 5.74) is 1.68. The third kappa shape index (κ3) is 5.84. The van der Waals surface area contributed by atoms with E-state index in [-0.39, 0.29) is 23.4 Å². The molecule has 6 rings (SSSR count). The molecule has 8 nitrogen and oxygen atoms in total. The zero-order chi connectivity index (χ0) is 29.8. The number of carbonyl (C=O) groups is 2. The zero-order valence-corrected chi connectivity index (χ0v) is 23.9. The van der Waals surface area contributed by atoms with Gasteiger partial charge in [-0.1, -0.05) is 60.7 Å². The highest BCUT2D eigenvalue weighted by Gasteiger charge is 2.58. The van der Waals surface area contributed by atoms with Crippen LogP contribution >= 0.6 is 0 Å². The van der Waals surface area contributed by atoms with E-state index >= 15 is 0 Å². The number of amides is 1. The van der Waals surface area contributed by atoms with Gasteiger partial charge in [-0.15, -0.1) is 0 Å². The number of fused-ring (bicyclic) bond motifs is 2. The maximum Gasteiger partial charge on any atom is 0.337 e. The largest absolute Gasteiger partial charge is 0.463 e. The van der Waals surface area contributed by atoms with Gasteiger partial charge in [0.05, 0.1) is 42.7 Å². The van der Waals surface area contributed by atoms with E-state index in [1.54, 1.807) is 25.1 Å². The lowest BCUT2D eigenvalue weighted by Gasteiger charge is -2.36. The van der Waals surface area contributed by atoms with Crippen molar-refractivity contribution in [2.24, 2.45) is 0 Å². The number of benzene rings is 3. The molecular formula is C34H34FN3O5. The number of esters is 1. The van der Waals surface area contributed by atoms with E-state index in [1.807, 2.05) is 48.5 Å². The first-order valence-electron chi connectivity index (χ1n) is 14.5. The standard InChI is InChI=1S/C34H34FN3O5/c1-2-42-33(40)30-29(32(39)37-27-11-7-6-10-26(27)35)28-16-17-34(30,43-28)31(36-25-8-4-3-5-9-25)24-14-12-23(13-15-24)22-38-18-20-41-21-19-38/h3-17,28,31,36H,2,18-22H2,1H3,(H,37,39). The van der Waals surface area contributed by atoms with E-state index in [2.05, 4.69) is 27.7 Å². The first-order chi connectivity index (χ1) is 21.0. The van der Waals surface area contributed by atoms with E-state index in [4.69, 9.17) is 14.2 Å². The molecular weight excluding hydrogens is 549 g/mol. The van der Waals surface area contributed by atoms with Gasteiger partial charge in [-0.2, -0.15) is 0 Å². The number of halogens is 1. The molecule has 3 unspecified atom stereocenters. The summed E-state index contributed by atoms with van der Waals surface area (Å²) in [6.45, 7) is 5.85. The van der Waals surface area contributed by atoms with Crippen LogP contribution in [0.15, 0.2) is 102 Å². The first kappa shape index (κ1) is 28.8. The number of hydrogen-bond donors (Lipinski definition) is 2. The molecule has 2 bridgehead atoms. The first-order valence-corrected chi connectivity index (χ1v) is 14.5. The number of nitrogens with one attached hydrogen (secondary N) is 2. The normalized spacial score (nSPS) is 22.0. The van der Waals surface area contributed by atoms with Gasteiger partial charge in [-0.25, -0.2) is 9.18 Å². The van der Waals surface area contributed by atoms with Gasteiger partial charge in [0, 0.05) is 25.3 Å². The van der Waals surface area contributed by atoms with Crippen LogP contribution in [0.5, 0.6) is 0 Å². The molecule has 1 fully saturated rings. The molecule has 3 heterocycles. The fraction of sp³-hybridized carbons (Fsp3) is 0.294. The Labute approximate surface area is 250 Å². The van der Waals surface area contributed by atoms with Crippen LogP contribution in [-0.4, -0.2) is 61.4 Å². The van der Waals surface area contributed by atoms with Crippen LogP contribution in [0.25, 0.3) is 0 Å². The minimum atomic E-state index is -1.36. The van der Waals surface area contributed by atoms with Crippen LogP contribution in [-0.2, 0) is 30.3 Å². The topological polar surface area (TPSA) is 89.1 Å². The Balaban J connectivity index is 1.40. The molecule has 0 saturated carbocycles. The maximum atomic E-state index is 14.5. The highest BCUT2D eigenvalue weighted by molar-refractivity contribution is 6.12. The molecule has 0 spiro atoms. The van der Waals surface area contributed by atoms with Gasteiger partial charge in [0.1, 0.15) is 17.5 Å². The van der Waals surface area contributed by atoms with Crippen LogP contribution in [0.2, 0.25) is 0 Å². The van der Waals surface area contributed by atoms with E-state index in [0.717, 1.165) is 49.7 Å². The highest BCUT2D eigenvalue weighted by atomic mass is 19.1. The molecule has 9 heteroatoms. The molecule has 3 atom stereocenters. The van der Waals surface area contributed by atoms with E-state index in [0.29, 0.717) is 0 Å². The second kappa shape index (κ2) is 12.5. The van der Waals surface area contributed by atoms with Gasteiger partial charge in [-0.05, 0) is 48.4 Å². The summed E-state index contributed by atoms with van der Waals surface area (Å²) in [6.07, 6.45) is 2.78. The quantitative estimate of drug-likeness (QED) is 0.256. The van der Waals surface area contributed by atoms with Crippen molar-refractivity contribution >= 4 is 23.3 Å². The molecule has 3 aliphatic heterocycles. The Hall–Kier alpha value is -4.31. The summed E-state index contributed by atoms with van der Waals surface area (Å²) in [7, 11) is 0. The average Bonchev–Trinajstić information content (AvgIpc) is 3.61. The Morgan fingerprint density at radius 1 is 1.02 bits per heavy atom. The fourth-order valence-electron chi connectivity index (χ4n) is 5.92. The Kier molecular flexibility index (Phi) is 8.38. The zero-order valence-electron chi connectivity index (χ0n) is 23.9. The summed E-state index contributed by atoms with van der Waals surface area (Å²) in [5, 5.41) is 6.19. The Morgan fingerprint density at radius 3 is 2.47 bits per heavy atom. The monoisotopic (exact) mass is 583 g/mol.